The zero-order valence-corrected chi connectivity index (χ0v) is 8.47. The van der Waals surface area contributed by atoms with Gasteiger partial charge in [-0.05, 0) is 52.4 Å². The molecule has 1 N–H and O–H groups in total. The van der Waals surface area contributed by atoms with E-state index in [0.29, 0.717) is 0 Å². The molecule has 0 aromatic heterocycles. The maximum Gasteiger partial charge on any atom is 0.0105 e. The predicted octanol–water partition coefficient (Wildman–Crippen LogP) is 1.47. The second kappa shape index (κ2) is 5.55. The second-order valence-electron chi connectivity index (χ2n) is 3.82. The average molecular weight is 170 g/mol. The summed E-state index contributed by atoms with van der Waals surface area (Å²) in [5, 5.41) is 3.45. The molecule has 1 aliphatic heterocycles. The summed E-state index contributed by atoms with van der Waals surface area (Å²) in [6.07, 6.45) is 5.33. The number of nitrogens with zero attached hydrogens (tertiary/aromatic N) is 1. The van der Waals surface area contributed by atoms with E-state index in [1.54, 1.807) is 0 Å². The number of nitrogens with one attached hydrogen (secondary N) is 1. The number of rotatable bonds is 3. The third kappa shape index (κ3) is 3.11. The molecule has 0 saturated carbocycles. The second-order valence-corrected chi connectivity index (χ2v) is 3.82. The number of hydrogen-bond donors (Lipinski definition) is 1. The smallest absolute Gasteiger partial charge is 0.0105 e. The first-order chi connectivity index (χ1) is 5.84. The molecule has 72 valence electrons. The Kier molecular flexibility index (Phi) is 4.62. The molecule has 1 fully saturated rings. The minimum absolute atomic E-state index is 0.833. The molecule has 1 atom stereocenters. The van der Waals surface area contributed by atoms with Crippen molar-refractivity contribution in [3.63, 3.8) is 0 Å². The van der Waals surface area contributed by atoms with Gasteiger partial charge in [0.2, 0.25) is 0 Å². The van der Waals surface area contributed by atoms with Crippen molar-refractivity contribution in [3.05, 3.63) is 0 Å². The third-order valence-corrected chi connectivity index (χ3v) is 2.74. The Morgan fingerprint density at radius 2 is 2.17 bits per heavy atom. The van der Waals surface area contributed by atoms with E-state index in [1.807, 2.05) is 0 Å². The first-order valence-electron chi connectivity index (χ1n) is 5.25. The molecule has 1 unspecified atom stereocenters. The molecule has 0 amide bonds. The largest absolute Gasteiger partial charge is 0.317 e. The Labute approximate surface area is 76.3 Å². The van der Waals surface area contributed by atoms with Crippen LogP contribution in [0, 0.1) is 0 Å². The van der Waals surface area contributed by atoms with Gasteiger partial charge in [-0.2, -0.15) is 0 Å². The first kappa shape index (κ1) is 10.0. The van der Waals surface area contributed by atoms with Crippen LogP contribution in [0.4, 0.5) is 0 Å². The van der Waals surface area contributed by atoms with E-state index >= 15 is 0 Å². The highest BCUT2D eigenvalue weighted by Crippen LogP contribution is 2.11. The van der Waals surface area contributed by atoms with Crippen molar-refractivity contribution in [1.82, 2.24) is 10.2 Å². The summed E-state index contributed by atoms with van der Waals surface area (Å²) in [7, 11) is 2.26. The fourth-order valence-electron chi connectivity index (χ4n) is 1.98. The number of hydrogen-bond acceptors (Lipinski definition) is 2. The lowest BCUT2D eigenvalue weighted by atomic mass is 10.1. The molecule has 0 spiro atoms. The highest BCUT2D eigenvalue weighted by atomic mass is 15.1. The maximum absolute atomic E-state index is 3.45. The van der Waals surface area contributed by atoms with Crippen LogP contribution in [0.1, 0.15) is 32.6 Å². The molecule has 12 heavy (non-hydrogen) atoms. The van der Waals surface area contributed by atoms with Crippen LogP contribution < -0.4 is 5.32 Å². The van der Waals surface area contributed by atoms with Crippen LogP contribution in [0.25, 0.3) is 0 Å². The van der Waals surface area contributed by atoms with Crippen molar-refractivity contribution < 1.29 is 0 Å². The molecule has 1 heterocycles. The molecule has 0 bridgehead atoms. The molecule has 2 heteroatoms. The van der Waals surface area contributed by atoms with Crippen LogP contribution in [0.3, 0.4) is 0 Å². The van der Waals surface area contributed by atoms with Gasteiger partial charge in [0.05, 0.1) is 0 Å². The lowest BCUT2D eigenvalue weighted by Crippen LogP contribution is -2.32. The molecule has 1 rings (SSSR count). The summed E-state index contributed by atoms with van der Waals surface area (Å²) in [5.74, 6) is 0. The van der Waals surface area contributed by atoms with Gasteiger partial charge in [0.1, 0.15) is 0 Å². The summed E-state index contributed by atoms with van der Waals surface area (Å²) in [5.41, 5.74) is 0. The summed E-state index contributed by atoms with van der Waals surface area (Å²) in [6, 6.07) is 0.833. The lowest BCUT2D eigenvalue weighted by Gasteiger charge is -2.26. The van der Waals surface area contributed by atoms with Gasteiger partial charge in [0.15, 0.2) is 0 Å². The van der Waals surface area contributed by atoms with E-state index in [0.717, 1.165) is 6.04 Å². The summed E-state index contributed by atoms with van der Waals surface area (Å²) < 4.78 is 0. The highest BCUT2D eigenvalue weighted by Gasteiger charge is 2.15. The van der Waals surface area contributed by atoms with Gasteiger partial charge in [-0.3, -0.25) is 0 Å². The minimum Gasteiger partial charge on any atom is -0.317 e. The van der Waals surface area contributed by atoms with E-state index in [2.05, 4.69) is 24.2 Å². The molecule has 1 aliphatic rings. The Hall–Kier alpha value is -0.0800. The van der Waals surface area contributed by atoms with Gasteiger partial charge in [-0.15, -0.1) is 0 Å². The topological polar surface area (TPSA) is 15.3 Å². The Balaban J connectivity index is 2.27. The SMILES string of the molecule is CCCN(C)C1CCCNCC1. The van der Waals surface area contributed by atoms with E-state index < -0.39 is 0 Å². The predicted molar refractivity (Wildman–Crippen MR) is 53.4 cm³/mol. The average Bonchev–Trinajstić information content (AvgIpc) is 2.32. The molecular weight excluding hydrogens is 148 g/mol. The molecule has 0 aromatic rings. The van der Waals surface area contributed by atoms with Gasteiger partial charge in [-0.1, -0.05) is 6.92 Å². The van der Waals surface area contributed by atoms with Crippen LogP contribution in [0.2, 0.25) is 0 Å². The van der Waals surface area contributed by atoms with Crippen LogP contribution in [0.15, 0.2) is 0 Å². The maximum atomic E-state index is 3.45. The first-order valence-corrected chi connectivity index (χ1v) is 5.25. The zero-order valence-electron chi connectivity index (χ0n) is 8.47. The molecule has 0 radical (unpaired) electrons. The molecule has 0 aromatic carbocycles. The van der Waals surface area contributed by atoms with E-state index in [9.17, 15) is 0 Å². The molecule has 0 aliphatic carbocycles. The standard InChI is InChI=1S/C10H22N2/c1-3-9-12(2)10-5-4-7-11-8-6-10/h10-11H,3-9H2,1-2H3. The fourth-order valence-corrected chi connectivity index (χ4v) is 1.98. The normalized spacial score (nSPS) is 25.8. The van der Waals surface area contributed by atoms with E-state index in [1.165, 1.54) is 45.3 Å². The monoisotopic (exact) mass is 170 g/mol. The van der Waals surface area contributed by atoms with Crippen molar-refractivity contribution in [2.45, 2.75) is 38.6 Å². The third-order valence-electron chi connectivity index (χ3n) is 2.74. The van der Waals surface area contributed by atoms with Crippen LogP contribution in [-0.4, -0.2) is 37.6 Å². The van der Waals surface area contributed by atoms with E-state index in [-0.39, 0.29) is 0 Å². The van der Waals surface area contributed by atoms with Gasteiger partial charge in [-0.25, -0.2) is 0 Å². The molecule has 1 saturated heterocycles. The van der Waals surface area contributed by atoms with Crippen molar-refractivity contribution in [2.75, 3.05) is 26.7 Å². The quantitative estimate of drug-likeness (QED) is 0.690. The van der Waals surface area contributed by atoms with Crippen LogP contribution in [0.5, 0.6) is 0 Å². The Bertz CT molecular complexity index is 106. The summed E-state index contributed by atoms with van der Waals surface area (Å²) in [4.78, 5) is 2.52. The Morgan fingerprint density at radius 3 is 2.92 bits per heavy atom. The highest BCUT2D eigenvalue weighted by molar-refractivity contribution is 4.73. The van der Waals surface area contributed by atoms with Crippen LogP contribution in [-0.2, 0) is 0 Å². The summed E-state index contributed by atoms with van der Waals surface area (Å²) >= 11 is 0. The van der Waals surface area contributed by atoms with Crippen molar-refractivity contribution >= 4 is 0 Å². The lowest BCUT2D eigenvalue weighted by molar-refractivity contribution is 0.225. The van der Waals surface area contributed by atoms with Gasteiger partial charge < -0.3 is 10.2 Å². The van der Waals surface area contributed by atoms with E-state index in [4.69, 9.17) is 0 Å². The Morgan fingerprint density at radius 1 is 1.33 bits per heavy atom. The van der Waals surface area contributed by atoms with Gasteiger partial charge in [0.25, 0.3) is 0 Å². The zero-order chi connectivity index (χ0) is 8.81. The van der Waals surface area contributed by atoms with Gasteiger partial charge >= 0.3 is 0 Å². The molecular formula is C10H22N2. The van der Waals surface area contributed by atoms with Crippen molar-refractivity contribution in [1.29, 1.82) is 0 Å². The van der Waals surface area contributed by atoms with Crippen molar-refractivity contribution in [3.8, 4) is 0 Å². The minimum atomic E-state index is 0.833. The molecule has 2 nitrogen and oxygen atoms in total. The summed E-state index contributed by atoms with van der Waals surface area (Å²) in [6.45, 7) is 5.94. The fraction of sp³-hybridized carbons (Fsp3) is 1.00. The van der Waals surface area contributed by atoms with Gasteiger partial charge in [0, 0.05) is 6.04 Å². The van der Waals surface area contributed by atoms with Crippen LogP contribution >= 0.6 is 0 Å². The van der Waals surface area contributed by atoms with Crippen molar-refractivity contribution in [2.24, 2.45) is 0 Å².